The number of nitrogens with one attached hydrogen (secondary N) is 1. The highest BCUT2D eigenvalue weighted by atomic mass is 16.2. The van der Waals surface area contributed by atoms with E-state index in [-0.39, 0.29) is 17.8 Å². The standard InChI is InChI=1S/C27H38N8O3/c1-27(2,29)24(36)32-11-13-33(14-12-32)25(37)30-23-9-10-35(26(38)31-23)22-6-3-18-16-34(17-19(18)15-22)21-7-4-20(28)5-8-21/h3,6,9-10,15,20-21H,4-5,7-8,11-14,16-17,28-29H2,1-2H3,(H,30,31,37,38)/t20-,21-. The fourth-order valence-electron chi connectivity index (χ4n) is 5.66. The molecule has 0 radical (unpaired) electrons. The maximum absolute atomic E-state index is 12.9. The summed E-state index contributed by atoms with van der Waals surface area (Å²) in [7, 11) is 0. The lowest BCUT2D eigenvalue weighted by atomic mass is 9.91. The molecule has 1 saturated heterocycles. The van der Waals surface area contributed by atoms with Crippen molar-refractivity contribution in [3.63, 3.8) is 0 Å². The number of fused-ring (bicyclic) bond motifs is 1. The summed E-state index contributed by atoms with van der Waals surface area (Å²) in [6, 6.07) is 8.28. The fraction of sp³-hybridized carbons (Fsp3) is 0.556. The predicted octanol–water partition coefficient (Wildman–Crippen LogP) is 1.23. The van der Waals surface area contributed by atoms with Gasteiger partial charge >= 0.3 is 11.7 Å². The largest absolute Gasteiger partial charge is 0.354 e. The Morgan fingerprint density at radius 3 is 2.29 bits per heavy atom. The van der Waals surface area contributed by atoms with Crippen molar-refractivity contribution in [1.29, 1.82) is 0 Å². The van der Waals surface area contributed by atoms with Crippen LogP contribution in [0.3, 0.4) is 0 Å². The molecule has 1 aliphatic carbocycles. The molecule has 2 aliphatic heterocycles. The number of aromatic nitrogens is 2. The van der Waals surface area contributed by atoms with Gasteiger partial charge in [-0.25, -0.2) is 9.59 Å². The van der Waals surface area contributed by atoms with Crippen LogP contribution in [0.25, 0.3) is 5.69 Å². The topological polar surface area (TPSA) is 143 Å². The van der Waals surface area contributed by atoms with Crippen LogP contribution in [0.15, 0.2) is 35.3 Å². The lowest BCUT2D eigenvalue weighted by Crippen LogP contribution is -2.58. The molecular formula is C27H38N8O3. The molecule has 0 bridgehead atoms. The molecule has 5 rings (SSSR count). The molecule has 2 aromatic rings. The van der Waals surface area contributed by atoms with E-state index in [1.54, 1.807) is 35.9 Å². The van der Waals surface area contributed by atoms with Gasteiger partial charge in [-0.2, -0.15) is 4.98 Å². The molecule has 0 unspecified atom stereocenters. The number of hydrogen-bond acceptors (Lipinski definition) is 7. The number of amides is 3. The number of carbonyl (C=O) groups excluding carboxylic acids is 2. The molecule has 38 heavy (non-hydrogen) atoms. The number of urea groups is 1. The minimum absolute atomic E-state index is 0.138. The number of carbonyl (C=O) groups is 2. The Hall–Kier alpha value is -3.28. The lowest BCUT2D eigenvalue weighted by molar-refractivity contribution is -0.137. The second kappa shape index (κ2) is 10.5. The second-order valence-electron chi connectivity index (χ2n) is 11.3. The van der Waals surface area contributed by atoms with Crippen LogP contribution in [-0.2, 0) is 17.9 Å². The highest BCUT2D eigenvalue weighted by Gasteiger charge is 2.32. The third-order valence-electron chi connectivity index (χ3n) is 7.92. The highest BCUT2D eigenvalue weighted by molar-refractivity contribution is 5.89. The number of nitrogens with two attached hydrogens (primary N) is 2. The van der Waals surface area contributed by atoms with Crippen LogP contribution in [0.2, 0.25) is 0 Å². The number of piperazine rings is 1. The van der Waals surface area contributed by atoms with Crippen LogP contribution in [0, 0.1) is 0 Å². The fourth-order valence-corrected chi connectivity index (χ4v) is 5.66. The monoisotopic (exact) mass is 522 g/mol. The van der Waals surface area contributed by atoms with Gasteiger partial charge < -0.3 is 21.3 Å². The van der Waals surface area contributed by atoms with Crippen molar-refractivity contribution in [1.82, 2.24) is 24.3 Å². The quantitative estimate of drug-likeness (QED) is 0.548. The number of hydrogen-bond donors (Lipinski definition) is 3. The van der Waals surface area contributed by atoms with Crippen molar-refractivity contribution in [3.8, 4) is 5.69 Å². The second-order valence-corrected chi connectivity index (χ2v) is 11.3. The third-order valence-corrected chi connectivity index (χ3v) is 7.92. The summed E-state index contributed by atoms with van der Waals surface area (Å²) < 4.78 is 1.50. The van der Waals surface area contributed by atoms with Crippen molar-refractivity contribution in [3.05, 3.63) is 52.1 Å². The van der Waals surface area contributed by atoms with Crippen LogP contribution in [0.4, 0.5) is 10.6 Å². The Kier molecular flexibility index (Phi) is 7.26. The van der Waals surface area contributed by atoms with E-state index in [2.05, 4.69) is 27.3 Å². The molecule has 3 aliphatic rings. The summed E-state index contributed by atoms with van der Waals surface area (Å²) >= 11 is 0. The van der Waals surface area contributed by atoms with E-state index in [0.29, 0.717) is 38.3 Å². The van der Waals surface area contributed by atoms with Crippen LogP contribution in [0.1, 0.15) is 50.7 Å². The van der Waals surface area contributed by atoms with Gasteiger partial charge in [0.1, 0.15) is 5.82 Å². The molecule has 1 aromatic carbocycles. The zero-order chi connectivity index (χ0) is 27.0. The summed E-state index contributed by atoms with van der Waals surface area (Å²) in [5, 5.41) is 2.71. The number of benzene rings is 1. The van der Waals surface area contributed by atoms with E-state index in [1.807, 2.05) is 6.07 Å². The van der Waals surface area contributed by atoms with E-state index in [0.717, 1.165) is 44.5 Å². The van der Waals surface area contributed by atoms with E-state index in [9.17, 15) is 14.4 Å². The van der Waals surface area contributed by atoms with E-state index >= 15 is 0 Å². The SMILES string of the molecule is CC(C)(N)C(=O)N1CCN(C(=O)Nc2ccn(-c3ccc4c(c3)CN([C@H]3CC[C@H](N)CC3)C4)c(=O)n2)CC1. The molecule has 3 amide bonds. The van der Waals surface area contributed by atoms with Crippen molar-refractivity contribution < 1.29 is 9.59 Å². The van der Waals surface area contributed by atoms with E-state index in [4.69, 9.17) is 11.5 Å². The van der Waals surface area contributed by atoms with Gasteiger partial charge in [0, 0.05) is 57.5 Å². The summed E-state index contributed by atoms with van der Waals surface area (Å²) in [5.74, 6) is 0.0570. The van der Waals surface area contributed by atoms with E-state index < -0.39 is 11.2 Å². The molecular weight excluding hydrogens is 484 g/mol. The number of rotatable bonds is 4. The maximum Gasteiger partial charge on any atom is 0.354 e. The average molecular weight is 523 g/mol. The van der Waals surface area contributed by atoms with Crippen LogP contribution in [-0.4, -0.2) is 80.0 Å². The van der Waals surface area contributed by atoms with Gasteiger partial charge in [0.2, 0.25) is 5.91 Å². The molecule has 11 nitrogen and oxygen atoms in total. The Labute approximate surface area is 222 Å². The minimum Gasteiger partial charge on any atom is -0.338 e. The molecule has 2 fully saturated rings. The minimum atomic E-state index is -0.944. The highest BCUT2D eigenvalue weighted by Crippen LogP contribution is 2.31. The van der Waals surface area contributed by atoms with Gasteiger partial charge in [0.15, 0.2) is 0 Å². The first-order chi connectivity index (χ1) is 18.1. The van der Waals surface area contributed by atoms with Crippen LogP contribution >= 0.6 is 0 Å². The first-order valence-corrected chi connectivity index (χ1v) is 13.4. The van der Waals surface area contributed by atoms with Crippen molar-refractivity contribution in [2.24, 2.45) is 11.5 Å². The number of anilines is 1. The Morgan fingerprint density at radius 1 is 0.974 bits per heavy atom. The van der Waals surface area contributed by atoms with Gasteiger partial charge in [0.25, 0.3) is 0 Å². The Bertz CT molecular complexity index is 1250. The maximum atomic E-state index is 12.9. The van der Waals surface area contributed by atoms with Gasteiger partial charge in [-0.3, -0.25) is 19.6 Å². The summed E-state index contributed by atoms with van der Waals surface area (Å²) in [5.41, 5.74) is 13.9. The van der Waals surface area contributed by atoms with Crippen molar-refractivity contribution in [2.45, 2.75) is 70.2 Å². The van der Waals surface area contributed by atoms with Gasteiger partial charge in [-0.05, 0) is 68.9 Å². The van der Waals surface area contributed by atoms with E-state index in [1.165, 1.54) is 15.7 Å². The molecule has 0 atom stereocenters. The zero-order valence-corrected chi connectivity index (χ0v) is 22.2. The molecule has 204 valence electrons. The third kappa shape index (κ3) is 5.59. The first kappa shape index (κ1) is 26.3. The van der Waals surface area contributed by atoms with Gasteiger partial charge in [-0.15, -0.1) is 0 Å². The zero-order valence-electron chi connectivity index (χ0n) is 22.2. The lowest BCUT2D eigenvalue weighted by Gasteiger charge is -2.37. The van der Waals surface area contributed by atoms with Crippen LogP contribution < -0.4 is 22.5 Å². The van der Waals surface area contributed by atoms with Crippen LogP contribution in [0.5, 0.6) is 0 Å². The summed E-state index contributed by atoms with van der Waals surface area (Å²) in [4.78, 5) is 47.9. The Balaban J connectivity index is 1.20. The smallest absolute Gasteiger partial charge is 0.338 e. The Morgan fingerprint density at radius 2 is 1.63 bits per heavy atom. The van der Waals surface area contributed by atoms with Gasteiger partial charge in [-0.1, -0.05) is 6.07 Å². The summed E-state index contributed by atoms with van der Waals surface area (Å²) in [6.45, 7) is 6.73. The average Bonchev–Trinajstić information content (AvgIpc) is 3.32. The van der Waals surface area contributed by atoms with Crippen molar-refractivity contribution in [2.75, 3.05) is 31.5 Å². The van der Waals surface area contributed by atoms with Crippen molar-refractivity contribution >= 4 is 17.8 Å². The number of nitrogens with zero attached hydrogens (tertiary/aromatic N) is 5. The molecule has 0 spiro atoms. The molecule has 1 saturated carbocycles. The summed E-state index contributed by atoms with van der Waals surface area (Å²) in [6.07, 6.45) is 6.07. The molecule has 1 aromatic heterocycles. The molecule has 11 heteroatoms. The molecule has 5 N–H and O–H groups in total. The molecule has 3 heterocycles. The first-order valence-electron chi connectivity index (χ1n) is 13.4. The predicted molar refractivity (Wildman–Crippen MR) is 145 cm³/mol. The normalized spacial score (nSPS) is 22.3. The van der Waals surface area contributed by atoms with Gasteiger partial charge in [0.05, 0.1) is 11.2 Å².